The van der Waals surface area contributed by atoms with E-state index in [1.165, 1.54) is 6.07 Å². The fraction of sp³-hybridized carbons (Fsp3) is 0. The Morgan fingerprint density at radius 2 is 2.06 bits per heavy atom. The van der Waals surface area contributed by atoms with Crippen molar-refractivity contribution in [1.82, 2.24) is 9.61 Å². The molecule has 0 aliphatic rings. The predicted octanol–water partition coefficient (Wildman–Crippen LogP) is 2.85. The van der Waals surface area contributed by atoms with E-state index in [9.17, 15) is 9.50 Å². The van der Waals surface area contributed by atoms with Crippen molar-refractivity contribution in [1.29, 1.82) is 0 Å². The van der Waals surface area contributed by atoms with Crippen LogP contribution < -0.4 is 0 Å². The third kappa shape index (κ3) is 1.54. The molecule has 4 heteroatoms. The molecule has 3 aromatic rings. The Hall–Kier alpha value is -2.36. The number of fused-ring (bicyclic) bond motifs is 1. The molecule has 0 radical (unpaired) electrons. The molecule has 1 N–H and O–H groups in total. The molecule has 2 heterocycles. The number of hydrogen-bond donors (Lipinski definition) is 1. The highest BCUT2D eigenvalue weighted by molar-refractivity contribution is 5.70. The second-order valence-electron chi connectivity index (χ2n) is 3.75. The smallest absolute Gasteiger partial charge is 0.172 e. The largest absolute Gasteiger partial charge is 0.505 e. The summed E-state index contributed by atoms with van der Waals surface area (Å²) in [5, 5.41) is 13.4. The van der Waals surface area contributed by atoms with Gasteiger partial charge in [-0.15, -0.1) is 0 Å². The van der Waals surface area contributed by atoms with Crippen molar-refractivity contribution in [3.8, 4) is 16.9 Å². The highest BCUT2D eigenvalue weighted by Gasteiger charge is 2.09. The van der Waals surface area contributed by atoms with Crippen LogP contribution in [-0.2, 0) is 0 Å². The molecular formula is C13H9FN2O. The van der Waals surface area contributed by atoms with Crippen molar-refractivity contribution < 1.29 is 9.50 Å². The van der Waals surface area contributed by atoms with Crippen molar-refractivity contribution >= 4 is 5.52 Å². The van der Waals surface area contributed by atoms with E-state index in [1.807, 2.05) is 12.1 Å². The van der Waals surface area contributed by atoms with E-state index in [0.717, 1.165) is 5.52 Å². The van der Waals surface area contributed by atoms with Gasteiger partial charge in [0.05, 0.1) is 5.52 Å². The summed E-state index contributed by atoms with van der Waals surface area (Å²) >= 11 is 0. The summed E-state index contributed by atoms with van der Waals surface area (Å²) < 4.78 is 15.4. The molecule has 0 saturated carbocycles. The van der Waals surface area contributed by atoms with Crippen LogP contribution in [0.3, 0.4) is 0 Å². The van der Waals surface area contributed by atoms with Crippen molar-refractivity contribution in [3.05, 3.63) is 54.6 Å². The molecule has 0 saturated heterocycles. The maximum absolute atomic E-state index is 13.7. The highest BCUT2D eigenvalue weighted by Crippen LogP contribution is 2.28. The Morgan fingerprint density at radius 1 is 1.18 bits per heavy atom. The first-order valence-electron chi connectivity index (χ1n) is 5.17. The zero-order chi connectivity index (χ0) is 11.8. The first kappa shape index (κ1) is 9.84. The Balaban J connectivity index is 2.23. The van der Waals surface area contributed by atoms with Gasteiger partial charge in [0.15, 0.2) is 11.6 Å². The predicted molar refractivity (Wildman–Crippen MR) is 62.3 cm³/mol. The molecule has 0 amide bonds. The van der Waals surface area contributed by atoms with Gasteiger partial charge < -0.3 is 5.11 Å². The van der Waals surface area contributed by atoms with Crippen LogP contribution in [0.15, 0.2) is 48.8 Å². The average molecular weight is 228 g/mol. The average Bonchev–Trinajstić information content (AvgIpc) is 2.79. The lowest BCUT2D eigenvalue weighted by molar-refractivity contribution is 0.433. The summed E-state index contributed by atoms with van der Waals surface area (Å²) in [7, 11) is 0. The van der Waals surface area contributed by atoms with E-state index in [2.05, 4.69) is 5.10 Å². The number of aromatic hydroxyl groups is 1. The van der Waals surface area contributed by atoms with Gasteiger partial charge in [-0.2, -0.15) is 5.10 Å². The lowest BCUT2D eigenvalue weighted by Gasteiger charge is -2.05. The second-order valence-corrected chi connectivity index (χ2v) is 3.75. The van der Waals surface area contributed by atoms with Gasteiger partial charge in [0.25, 0.3) is 0 Å². The number of aromatic nitrogens is 2. The molecule has 0 fully saturated rings. The molecule has 0 aliphatic carbocycles. The van der Waals surface area contributed by atoms with E-state index >= 15 is 0 Å². The third-order valence-electron chi connectivity index (χ3n) is 2.69. The van der Waals surface area contributed by atoms with E-state index in [-0.39, 0.29) is 5.75 Å². The minimum atomic E-state index is -0.601. The maximum atomic E-state index is 13.7. The fourth-order valence-electron chi connectivity index (χ4n) is 1.83. The number of hydrogen-bond acceptors (Lipinski definition) is 2. The summed E-state index contributed by atoms with van der Waals surface area (Å²) in [5.41, 5.74) is 1.98. The number of phenols is 1. The normalized spacial score (nSPS) is 10.9. The minimum absolute atomic E-state index is 0.337. The summed E-state index contributed by atoms with van der Waals surface area (Å²) in [5.74, 6) is -0.938. The first-order chi connectivity index (χ1) is 8.25. The highest BCUT2D eigenvalue weighted by atomic mass is 19.1. The molecule has 17 heavy (non-hydrogen) atoms. The topological polar surface area (TPSA) is 37.5 Å². The number of rotatable bonds is 1. The summed E-state index contributed by atoms with van der Waals surface area (Å²) in [4.78, 5) is 0. The number of pyridine rings is 1. The van der Waals surface area contributed by atoms with Gasteiger partial charge in [0.1, 0.15) is 0 Å². The van der Waals surface area contributed by atoms with Crippen molar-refractivity contribution in [2.24, 2.45) is 0 Å². The van der Waals surface area contributed by atoms with Gasteiger partial charge >= 0.3 is 0 Å². The van der Waals surface area contributed by atoms with Gasteiger partial charge in [0.2, 0.25) is 0 Å². The molecular weight excluding hydrogens is 219 g/mol. The van der Waals surface area contributed by atoms with Crippen LogP contribution in [0.2, 0.25) is 0 Å². The molecule has 84 valence electrons. The molecule has 0 aliphatic heterocycles. The lowest BCUT2D eigenvalue weighted by atomic mass is 10.1. The third-order valence-corrected chi connectivity index (χ3v) is 2.69. The Kier molecular flexibility index (Phi) is 2.08. The molecule has 3 rings (SSSR count). The number of nitrogens with zero attached hydrogens (tertiary/aromatic N) is 2. The van der Waals surface area contributed by atoms with E-state index in [4.69, 9.17) is 0 Å². The Labute approximate surface area is 96.8 Å². The van der Waals surface area contributed by atoms with Gasteiger partial charge in [-0.25, -0.2) is 8.91 Å². The summed E-state index contributed by atoms with van der Waals surface area (Å²) in [6.07, 6.45) is 3.44. The quantitative estimate of drug-likeness (QED) is 0.695. The van der Waals surface area contributed by atoms with Gasteiger partial charge in [-0.05, 0) is 29.8 Å². The van der Waals surface area contributed by atoms with Crippen LogP contribution in [0.1, 0.15) is 0 Å². The maximum Gasteiger partial charge on any atom is 0.172 e. The second kappa shape index (κ2) is 3.59. The monoisotopic (exact) mass is 228 g/mol. The zero-order valence-electron chi connectivity index (χ0n) is 8.84. The summed E-state index contributed by atoms with van der Waals surface area (Å²) in [6, 6.07) is 10.0. The van der Waals surface area contributed by atoms with E-state index < -0.39 is 5.82 Å². The lowest BCUT2D eigenvalue weighted by Crippen LogP contribution is -1.89. The van der Waals surface area contributed by atoms with Crippen LogP contribution in [-0.4, -0.2) is 14.7 Å². The number of halogens is 1. The molecule has 0 spiro atoms. The van der Waals surface area contributed by atoms with Gasteiger partial charge in [-0.3, -0.25) is 0 Å². The number of benzene rings is 1. The molecule has 0 bridgehead atoms. The molecule has 3 nitrogen and oxygen atoms in total. The number of phenolic OH excluding ortho intramolecular Hbond substituents is 1. The van der Waals surface area contributed by atoms with Crippen molar-refractivity contribution in [3.63, 3.8) is 0 Å². The molecule has 2 aromatic heterocycles. The minimum Gasteiger partial charge on any atom is -0.505 e. The van der Waals surface area contributed by atoms with Gasteiger partial charge in [0, 0.05) is 18.0 Å². The first-order valence-corrected chi connectivity index (χ1v) is 5.17. The van der Waals surface area contributed by atoms with E-state index in [0.29, 0.717) is 11.1 Å². The zero-order valence-corrected chi connectivity index (χ0v) is 8.84. The Bertz CT molecular complexity index is 691. The Morgan fingerprint density at radius 3 is 2.94 bits per heavy atom. The van der Waals surface area contributed by atoms with Crippen molar-refractivity contribution in [2.75, 3.05) is 0 Å². The van der Waals surface area contributed by atoms with Crippen LogP contribution in [0.4, 0.5) is 4.39 Å². The van der Waals surface area contributed by atoms with Crippen LogP contribution in [0, 0.1) is 5.82 Å². The molecule has 0 atom stereocenters. The molecule has 0 unspecified atom stereocenters. The standard InChI is InChI=1S/C13H9FN2O/c14-13-11(2-1-3-12(13)17)9-5-7-16-10(8-9)4-6-15-16/h1-8,17H. The van der Waals surface area contributed by atoms with Crippen LogP contribution in [0.5, 0.6) is 5.75 Å². The van der Waals surface area contributed by atoms with Crippen molar-refractivity contribution in [2.45, 2.75) is 0 Å². The fourth-order valence-corrected chi connectivity index (χ4v) is 1.83. The van der Waals surface area contributed by atoms with Gasteiger partial charge in [-0.1, -0.05) is 12.1 Å². The molecule has 1 aromatic carbocycles. The van der Waals surface area contributed by atoms with Crippen LogP contribution >= 0.6 is 0 Å². The van der Waals surface area contributed by atoms with Crippen LogP contribution in [0.25, 0.3) is 16.6 Å². The van der Waals surface area contributed by atoms with E-state index in [1.54, 1.807) is 35.1 Å². The summed E-state index contributed by atoms with van der Waals surface area (Å²) in [6.45, 7) is 0. The SMILES string of the molecule is Oc1cccc(-c2ccn3nccc3c2)c1F.